The lowest BCUT2D eigenvalue weighted by Crippen LogP contribution is -2.43. The summed E-state index contributed by atoms with van der Waals surface area (Å²) in [6.07, 6.45) is -1.75. The number of aliphatic carboxylic acids is 2. The molecule has 6 N–H and O–H groups in total. The first-order valence-electron chi connectivity index (χ1n) is 13.9. The summed E-state index contributed by atoms with van der Waals surface area (Å²) in [5.41, 5.74) is 6.10. The van der Waals surface area contributed by atoms with E-state index in [0.717, 1.165) is 17.3 Å². The first kappa shape index (κ1) is 36.1. The monoisotopic (exact) mass is 718 g/mol. The molecule has 1 amide bonds. The number of nitrogens with one attached hydrogen (secondary N) is 1. The molecule has 15 heteroatoms. The number of nitrogens with two attached hydrogens (primary N) is 1. The van der Waals surface area contributed by atoms with Gasteiger partial charge in [0.1, 0.15) is 11.6 Å². The van der Waals surface area contributed by atoms with Gasteiger partial charge in [-0.15, -0.1) is 0 Å². The summed E-state index contributed by atoms with van der Waals surface area (Å²) in [7, 11) is 0. The van der Waals surface area contributed by atoms with Crippen LogP contribution in [0.15, 0.2) is 56.1 Å². The van der Waals surface area contributed by atoms with Crippen LogP contribution in [0.5, 0.6) is 0 Å². The normalized spacial score (nSPS) is 13.0. The SMILES string of the molecule is Cc1ccc2cc(C(CC(=O)c3ccc(C(=O)O)cc3Br)SCC(NC(=O)CCC(N)C(=O)O)C(=O)CCC(=O)O)c(=O)oc2c1. The molecule has 0 aliphatic rings. The molecule has 0 saturated carbocycles. The summed E-state index contributed by atoms with van der Waals surface area (Å²) in [6, 6.07) is 8.11. The van der Waals surface area contributed by atoms with Crippen molar-refractivity contribution in [3.8, 4) is 0 Å². The molecule has 0 aliphatic carbocycles. The van der Waals surface area contributed by atoms with E-state index in [4.69, 9.17) is 20.4 Å². The predicted molar refractivity (Wildman–Crippen MR) is 171 cm³/mol. The third-order valence-electron chi connectivity index (χ3n) is 6.93. The minimum atomic E-state index is -1.31. The molecule has 0 bridgehead atoms. The van der Waals surface area contributed by atoms with Crippen LogP contribution >= 0.6 is 27.7 Å². The van der Waals surface area contributed by atoms with Gasteiger partial charge < -0.3 is 30.8 Å². The first-order valence-corrected chi connectivity index (χ1v) is 15.7. The number of aryl methyl sites for hydroxylation is 1. The van der Waals surface area contributed by atoms with E-state index in [1.807, 2.05) is 13.0 Å². The fourth-order valence-electron chi connectivity index (χ4n) is 4.38. The lowest BCUT2D eigenvalue weighted by molar-refractivity contribution is -0.139. The van der Waals surface area contributed by atoms with Crippen LogP contribution in [0.4, 0.5) is 0 Å². The number of carboxylic acids is 3. The van der Waals surface area contributed by atoms with Crippen molar-refractivity contribution in [3.05, 3.63) is 79.6 Å². The van der Waals surface area contributed by atoms with E-state index in [-0.39, 0.29) is 46.2 Å². The van der Waals surface area contributed by atoms with Crippen LogP contribution in [0, 0.1) is 6.92 Å². The van der Waals surface area contributed by atoms with Gasteiger partial charge in [0.15, 0.2) is 11.6 Å². The second-order valence-corrected chi connectivity index (χ2v) is 12.5. The molecule has 2 aromatic carbocycles. The highest BCUT2D eigenvalue weighted by molar-refractivity contribution is 9.10. The van der Waals surface area contributed by atoms with Crippen LogP contribution in [-0.4, -0.2) is 68.5 Å². The van der Waals surface area contributed by atoms with Gasteiger partial charge in [0.2, 0.25) is 5.91 Å². The molecule has 13 nitrogen and oxygen atoms in total. The zero-order valence-electron chi connectivity index (χ0n) is 24.5. The Morgan fingerprint density at radius 3 is 2.33 bits per heavy atom. The summed E-state index contributed by atoms with van der Waals surface area (Å²) in [5, 5.41) is 29.5. The average molecular weight is 720 g/mol. The quantitative estimate of drug-likeness (QED) is 0.0991. The molecule has 0 saturated heterocycles. The number of carbonyl (C=O) groups is 6. The molecule has 3 atom stereocenters. The van der Waals surface area contributed by atoms with Gasteiger partial charge in [0, 0.05) is 45.7 Å². The minimum absolute atomic E-state index is 0.0532. The van der Waals surface area contributed by atoms with E-state index in [1.54, 1.807) is 18.2 Å². The van der Waals surface area contributed by atoms with Gasteiger partial charge in [-0.05, 0) is 49.2 Å². The van der Waals surface area contributed by atoms with Gasteiger partial charge in [0.25, 0.3) is 0 Å². The Morgan fingerprint density at radius 1 is 0.978 bits per heavy atom. The molecule has 3 rings (SSSR count). The maximum atomic E-state index is 13.5. The molecular weight excluding hydrogens is 688 g/mol. The number of amides is 1. The van der Waals surface area contributed by atoms with Crippen LogP contribution in [0.2, 0.25) is 0 Å². The topological polar surface area (TPSA) is 231 Å². The number of ketones is 2. The van der Waals surface area contributed by atoms with Gasteiger partial charge in [-0.1, -0.05) is 28.1 Å². The van der Waals surface area contributed by atoms with E-state index in [9.17, 15) is 38.7 Å². The van der Waals surface area contributed by atoms with Crippen LogP contribution in [0.3, 0.4) is 0 Å². The van der Waals surface area contributed by atoms with Crippen molar-refractivity contribution in [2.24, 2.45) is 5.73 Å². The van der Waals surface area contributed by atoms with Crippen molar-refractivity contribution in [2.45, 2.75) is 56.4 Å². The molecular formula is C31H31BrN2O11S. The smallest absolute Gasteiger partial charge is 0.340 e. The Balaban J connectivity index is 1.95. The summed E-state index contributed by atoms with van der Waals surface area (Å²) in [4.78, 5) is 85.9. The van der Waals surface area contributed by atoms with Crippen molar-refractivity contribution in [1.29, 1.82) is 0 Å². The first-order chi connectivity index (χ1) is 21.7. The van der Waals surface area contributed by atoms with Gasteiger partial charge in [-0.3, -0.25) is 24.0 Å². The number of aromatic carboxylic acids is 1. The maximum absolute atomic E-state index is 13.5. The molecule has 1 aromatic heterocycles. The lowest BCUT2D eigenvalue weighted by atomic mass is 10.0. The molecule has 0 spiro atoms. The predicted octanol–water partition coefficient (Wildman–Crippen LogP) is 3.72. The van der Waals surface area contributed by atoms with E-state index in [1.165, 1.54) is 18.2 Å². The van der Waals surface area contributed by atoms with Crippen LogP contribution in [0.1, 0.15) is 69.2 Å². The standard InChI is InChI=1S/C31H31BrN2O11S/c1-15-2-3-16-11-19(31(44)45-25(16)10-15)26(13-24(36)18-5-4-17(29(40)41)12-20(18)32)46-14-22(23(35)7-9-28(38)39)34-27(37)8-6-21(33)30(42)43/h2-5,10-12,21-22,26H,6-9,13-14,33H2,1H3,(H,34,37)(H,38,39)(H,40,41)(H,42,43). The number of rotatable bonds is 17. The number of thioether (sulfide) groups is 1. The summed E-state index contributed by atoms with van der Waals surface area (Å²) in [5.74, 6) is -5.69. The third kappa shape index (κ3) is 10.1. The second kappa shape index (κ2) is 16.3. The molecule has 46 heavy (non-hydrogen) atoms. The molecule has 0 fully saturated rings. The van der Waals surface area contributed by atoms with Crippen molar-refractivity contribution >= 4 is 74.0 Å². The number of carboxylic acid groups (broad SMARTS) is 3. The summed E-state index contributed by atoms with van der Waals surface area (Å²) < 4.78 is 5.77. The van der Waals surface area contributed by atoms with Crippen molar-refractivity contribution in [3.63, 3.8) is 0 Å². The third-order valence-corrected chi connectivity index (χ3v) is 8.93. The highest BCUT2D eigenvalue weighted by Crippen LogP contribution is 2.35. The minimum Gasteiger partial charge on any atom is -0.481 e. The summed E-state index contributed by atoms with van der Waals surface area (Å²) in [6.45, 7) is 1.82. The molecule has 3 unspecified atom stereocenters. The van der Waals surface area contributed by atoms with Gasteiger partial charge in [0.05, 0.1) is 23.6 Å². The fourth-order valence-corrected chi connectivity index (χ4v) is 6.29. The Morgan fingerprint density at radius 2 is 1.70 bits per heavy atom. The van der Waals surface area contributed by atoms with Crippen molar-refractivity contribution < 1.29 is 48.5 Å². The van der Waals surface area contributed by atoms with E-state index < -0.39 is 71.2 Å². The van der Waals surface area contributed by atoms with Gasteiger partial charge >= 0.3 is 23.5 Å². The number of Topliss-reactive ketones (excluding diaryl/α,β-unsaturated/α-hetero) is 2. The number of halogens is 1. The van der Waals surface area contributed by atoms with Gasteiger partial charge in [-0.2, -0.15) is 11.8 Å². The zero-order chi connectivity index (χ0) is 34.1. The van der Waals surface area contributed by atoms with Crippen LogP contribution < -0.4 is 16.7 Å². The zero-order valence-corrected chi connectivity index (χ0v) is 26.9. The van der Waals surface area contributed by atoms with Crippen molar-refractivity contribution in [2.75, 3.05) is 5.75 Å². The molecule has 3 aromatic rings. The Bertz CT molecular complexity index is 1740. The van der Waals surface area contributed by atoms with Gasteiger partial charge in [-0.25, -0.2) is 9.59 Å². The highest BCUT2D eigenvalue weighted by atomic mass is 79.9. The molecule has 1 heterocycles. The maximum Gasteiger partial charge on any atom is 0.340 e. The Labute approximate surface area is 274 Å². The number of benzene rings is 2. The van der Waals surface area contributed by atoms with Crippen LogP contribution in [0.25, 0.3) is 11.0 Å². The fraction of sp³-hybridized carbons (Fsp3) is 0.323. The number of carbonyl (C=O) groups excluding carboxylic acids is 3. The van der Waals surface area contributed by atoms with E-state index in [2.05, 4.69) is 21.2 Å². The second-order valence-electron chi connectivity index (χ2n) is 10.4. The largest absolute Gasteiger partial charge is 0.481 e. The van der Waals surface area contributed by atoms with Crippen LogP contribution in [-0.2, 0) is 19.2 Å². The molecule has 244 valence electrons. The molecule has 0 radical (unpaired) electrons. The lowest BCUT2D eigenvalue weighted by Gasteiger charge is -2.22. The van der Waals surface area contributed by atoms with Crippen molar-refractivity contribution in [1.82, 2.24) is 5.32 Å². The Kier molecular flexibility index (Phi) is 12.8. The molecule has 0 aliphatic heterocycles. The Hall–Kier alpha value is -4.34. The highest BCUT2D eigenvalue weighted by Gasteiger charge is 2.28. The van der Waals surface area contributed by atoms with E-state index >= 15 is 0 Å². The van der Waals surface area contributed by atoms with E-state index in [0.29, 0.717) is 11.0 Å². The number of fused-ring (bicyclic) bond motifs is 1. The average Bonchev–Trinajstić information content (AvgIpc) is 2.99. The number of hydrogen-bond donors (Lipinski definition) is 5. The summed E-state index contributed by atoms with van der Waals surface area (Å²) >= 11 is 4.22. The number of hydrogen-bond acceptors (Lipinski definition) is 10.